The molecule has 0 aliphatic rings. The van der Waals surface area contributed by atoms with E-state index in [0.717, 1.165) is 0 Å². The molecule has 0 spiro atoms. The van der Waals surface area contributed by atoms with Crippen LogP contribution < -0.4 is 5.11 Å². The van der Waals surface area contributed by atoms with Gasteiger partial charge < -0.3 is 14.3 Å². The highest BCUT2D eigenvalue weighted by Crippen LogP contribution is 1.92. The Labute approximate surface area is 75.5 Å². The van der Waals surface area contributed by atoms with Gasteiger partial charge in [-0.1, -0.05) is 6.58 Å². The van der Waals surface area contributed by atoms with Crippen LogP contribution in [0.3, 0.4) is 0 Å². The number of aliphatic carboxylic acids is 1. The van der Waals surface area contributed by atoms with Crippen LogP contribution in [0, 0.1) is 0 Å². The van der Waals surface area contributed by atoms with Crippen LogP contribution >= 0.6 is 0 Å². The molecular weight excluding hydrogens is 172 g/mol. The van der Waals surface area contributed by atoms with Crippen molar-refractivity contribution in [2.75, 3.05) is 0 Å². The highest BCUT2D eigenvalue weighted by atomic mass is 16.4. The molecule has 1 aromatic rings. The average molecular weight is 181 g/mol. The molecule has 0 aliphatic heterocycles. The molecule has 0 atom stereocenters. The van der Waals surface area contributed by atoms with Gasteiger partial charge in [0.25, 0.3) is 0 Å². The van der Waals surface area contributed by atoms with Gasteiger partial charge in [0.2, 0.25) is 0 Å². The number of hydrogen-bond acceptors (Lipinski definition) is 4. The number of furan rings is 1. The Morgan fingerprint density at radius 1 is 1.69 bits per heavy atom. The van der Waals surface area contributed by atoms with Crippen molar-refractivity contribution in [2.45, 2.75) is 6.92 Å². The molecule has 1 aromatic heterocycles. The van der Waals surface area contributed by atoms with Crippen LogP contribution in [0.25, 0.3) is 0 Å². The quantitative estimate of drug-likeness (QED) is 0.489. The van der Waals surface area contributed by atoms with Crippen LogP contribution in [0.5, 0.6) is 0 Å². The van der Waals surface area contributed by atoms with E-state index in [1.807, 2.05) is 0 Å². The Kier molecular flexibility index (Phi) is 4.95. The predicted molar refractivity (Wildman–Crippen MR) is 43.9 cm³/mol. The number of carboxylic acids is 1. The van der Waals surface area contributed by atoms with Crippen molar-refractivity contribution < 1.29 is 19.1 Å². The molecule has 1 rings (SSSR count). The van der Waals surface area contributed by atoms with E-state index in [0.29, 0.717) is 12.0 Å². The molecule has 0 aromatic carbocycles. The van der Waals surface area contributed by atoms with Crippen LogP contribution in [0.15, 0.2) is 35.0 Å². The Morgan fingerprint density at radius 2 is 2.23 bits per heavy atom. The fraction of sp³-hybridized carbons (Fsp3) is 0.111. The first-order chi connectivity index (χ1) is 6.07. The molecule has 0 fully saturated rings. The molecule has 4 nitrogen and oxygen atoms in total. The number of carboxylic acid groups (broad SMARTS) is 1. The summed E-state index contributed by atoms with van der Waals surface area (Å²) in [5, 5.41) is 9.49. The number of hydrogen-bond donors (Lipinski definition) is 0. The molecular formula is C9H9O4-. The first-order valence-corrected chi connectivity index (χ1v) is 3.43. The van der Waals surface area contributed by atoms with E-state index in [4.69, 9.17) is 0 Å². The van der Waals surface area contributed by atoms with E-state index in [9.17, 15) is 14.7 Å². The lowest BCUT2D eigenvalue weighted by Crippen LogP contribution is -2.22. The highest BCUT2D eigenvalue weighted by molar-refractivity contribution is 5.82. The number of carbonyl (C=O) groups excluding carboxylic acids is 2. The lowest BCUT2D eigenvalue weighted by atomic mass is 10.4. The lowest BCUT2D eigenvalue weighted by molar-refractivity contribution is -0.299. The van der Waals surface area contributed by atoms with Gasteiger partial charge in [-0.3, -0.25) is 4.79 Å². The second-order valence-electron chi connectivity index (χ2n) is 2.20. The molecule has 0 bridgehead atoms. The van der Waals surface area contributed by atoms with Gasteiger partial charge >= 0.3 is 0 Å². The van der Waals surface area contributed by atoms with Crippen molar-refractivity contribution in [3.63, 3.8) is 0 Å². The average Bonchev–Trinajstić information content (AvgIpc) is 2.56. The fourth-order valence-corrected chi connectivity index (χ4v) is 0.358. The summed E-state index contributed by atoms with van der Waals surface area (Å²) in [5.74, 6) is -0.810. The maximum atomic E-state index is 9.77. The minimum Gasteiger partial charge on any atom is -0.545 e. The molecule has 0 N–H and O–H groups in total. The summed E-state index contributed by atoms with van der Waals surface area (Å²) in [4.78, 5) is 19.3. The van der Waals surface area contributed by atoms with Gasteiger partial charge in [0.1, 0.15) is 0 Å². The lowest BCUT2D eigenvalue weighted by Gasteiger charge is -1.93. The summed E-state index contributed by atoms with van der Waals surface area (Å²) in [6.07, 6.45) is 2.13. The van der Waals surface area contributed by atoms with Crippen molar-refractivity contribution in [2.24, 2.45) is 0 Å². The van der Waals surface area contributed by atoms with E-state index < -0.39 is 5.97 Å². The molecule has 0 aliphatic carbocycles. The molecule has 0 saturated heterocycles. The van der Waals surface area contributed by atoms with E-state index in [2.05, 4.69) is 11.0 Å². The largest absolute Gasteiger partial charge is 0.545 e. The van der Waals surface area contributed by atoms with Gasteiger partial charge in [-0.25, -0.2) is 0 Å². The second-order valence-corrected chi connectivity index (χ2v) is 2.20. The van der Waals surface area contributed by atoms with E-state index in [-0.39, 0.29) is 5.57 Å². The topological polar surface area (TPSA) is 70.3 Å². The summed E-state index contributed by atoms with van der Waals surface area (Å²) >= 11 is 0. The van der Waals surface area contributed by atoms with Gasteiger partial charge in [0.05, 0.1) is 12.2 Å². The monoisotopic (exact) mass is 181 g/mol. The molecule has 1 heterocycles. The zero-order valence-electron chi connectivity index (χ0n) is 7.15. The Hall–Kier alpha value is -1.84. The molecule has 0 radical (unpaired) electrons. The number of carbonyl (C=O) groups is 2. The third kappa shape index (κ3) is 5.43. The van der Waals surface area contributed by atoms with Gasteiger partial charge in [0.15, 0.2) is 12.0 Å². The summed E-state index contributed by atoms with van der Waals surface area (Å²) in [6.45, 7) is 4.48. The minimum atomic E-state index is -1.19. The van der Waals surface area contributed by atoms with Crippen LogP contribution in [-0.2, 0) is 4.79 Å². The van der Waals surface area contributed by atoms with Crippen LogP contribution in [-0.4, -0.2) is 12.3 Å². The summed E-state index contributed by atoms with van der Waals surface area (Å²) in [6, 6.07) is 3.27. The maximum absolute atomic E-state index is 9.77. The Morgan fingerprint density at radius 3 is 2.38 bits per heavy atom. The van der Waals surface area contributed by atoms with Gasteiger partial charge in [-0.05, 0) is 24.6 Å². The third-order valence-corrected chi connectivity index (χ3v) is 1.01. The first kappa shape index (κ1) is 11.2. The maximum Gasteiger partial charge on any atom is 0.185 e. The first-order valence-electron chi connectivity index (χ1n) is 3.43. The zero-order valence-corrected chi connectivity index (χ0v) is 7.15. The predicted octanol–water partition coefficient (Wildman–Crippen LogP) is 0.404. The molecule has 13 heavy (non-hydrogen) atoms. The Bertz CT molecular complexity index is 273. The molecule has 70 valence electrons. The summed E-state index contributed by atoms with van der Waals surface area (Å²) in [5.41, 5.74) is 0.0648. The standard InChI is InChI=1S/C5H4O2.C4H6O2/c6-4-5-2-1-3-7-5;1-3(2)4(5)6/h1-4H;1H2,2H3,(H,5,6)/p-1. The van der Waals surface area contributed by atoms with Crippen LogP contribution in [0.1, 0.15) is 17.5 Å². The van der Waals surface area contributed by atoms with Crippen LogP contribution in [0.4, 0.5) is 0 Å². The molecule has 4 heteroatoms. The molecule has 0 unspecified atom stereocenters. The minimum absolute atomic E-state index is 0.0648. The van der Waals surface area contributed by atoms with Gasteiger partial charge in [-0.15, -0.1) is 0 Å². The Balaban J connectivity index is 0.000000226. The van der Waals surface area contributed by atoms with Crippen LogP contribution in [0.2, 0.25) is 0 Å². The fourth-order valence-electron chi connectivity index (χ4n) is 0.358. The van der Waals surface area contributed by atoms with Crippen molar-refractivity contribution in [1.29, 1.82) is 0 Å². The van der Waals surface area contributed by atoms with E-state index >= 15 is 0 Å². The van der Waals surface area contributed by atoms with Crippen molar-refractivity contribution in [3.8, 4) is 0 Å². The van der Waals surface area contributed by atoms with Gasteiger partial charge in [-0.2, -0.15) is 0 Å². The molecule has 0 saturated carbocycles. The molecule has 0 amide bonds. The third-order valence-electron chi connectivity index (χ3n) is 1.01. The zero-order chi connectivity index (χ0) is 10.3. The SMILES string of the molecule is C=C(C)C(=O)[O-].O=Cc1ccco1. The summed E-state index contributed by atoms with van der Waals surface area (Å²) in [7, 11) is 0. The smallest absolute Gasteiger partial charge is 0.185 e. The normalized spacial score (nSPS) is 8.08. The van der Waals surface area contributed by atoms with E-state index in [1.165, 1.54) is 13.2 Å². The number of aldehydes is 1. The second kappa shape index (κ2) is 5.77. The van der Waals surface area contributed by atoms with E-state index in [1.54, 1.807) is 12.1 Å². The van der Waals surface area contributed by atoms with Crippen molar-refractivity contribution in [3.05, 3.63) is 36.3 Å². The van der Waals surface area contributed by atoms with Crippen molar-refractivity contribution in [1.82, 2.24) is 0 Å². The summed E-state index contributed by atoms with van der Waals surface area (Å²) < 4.78 is 4.61. The highest BCUT2D eigenvalue weighted by Gasteiger charge is 1.84. The number of rotatable bonds is 2. The van der Waals surface area contributed by atoms with Crippen molar-refractivity contribution >= 4 is 12.3 Å². The van der Waals surface area contributed by atoms with Gasteiger partial charge in [0, 0.05) is 0 Å².